The average Bonchev–Trinajstić information content (AvgIpc) is 2.48. The Labute approximate surface area is 128 Å². The van der Waals surface area contributed by atoms with Gasteiger partial charge < -0.3 is 11.1 Å². The molecule has 1 atom stereocenters. The van der Waals surface area contributed by atoms with Crippen molar-refractivity contribution in [3.8, 4) is 0 Å². The SMILES string of the molecule is CC(C)C(Cc1ccccc1)C(=O)NC1CCC(N)CC1. The Balaban J connectivity index is 1.93. The summed E-state index contributed by atoms with van der Waals surface area (Å²) in [5, 5.41) is 3.25. The van der Waals surface area contributed by atoms with Crippen LogP contribution in [0.3, 0.4) is 0 Å². The summed E-state index contributed by atoms with van der Waals surface area (Å²) in [6, 6.07) is 10.9. The van der Waals surface area contributed by atoms with Gasteiger partial charge in [-0.2, -0.15) is 0 Å². The van der Waals surface area contributed by atoms with Crippen LogP contribution in [0, 0.1) is 11.8 Å². The van der Waals surface area contributed by atoms with Crippen molar-refractivity contribution in [3.63, 3.8) is 0 Å². The van der Waals surface area contributed by atoms with Gasteiger partial charge in [0.05, 0.1) is 0 Å². The molecule has 3 nitrogen and oxygen atoms in total. The third kappa shape index (κ3) is 4.85. The van der Waals surface area contributed by atoms with Crippen molar-refractivity contribution in [1.82, 2.24) is 5.32 Å². The first-order valence-electron chi connectivity index (χ1n) is 8.16. The van der Waals surface area contributed by atoms with E-state index in [1.807, 2.05) is 18.2 Å². The molecule has 1 aliphatic rings. The minimum absolute atomic E-state index is 0.0444. The molecular weight excluding hydrogens is 260 g/mol. The van der Waals surface area contributed by atoms with Crippen molar-refractivity contribution in [2.75, 3.05) is 0 Å². The predicted octanol–water partition coefficient (Wildman–Crippen LogP) is 2.89. The molecule has 2 rings (SSSR count). The van der Waals surface area contributed by atoms with E-state index in [0.29, 0.717) is 18.0 Å². The number of carbonyl (C=O) groups excluding carboxylic acids is 1. The van der Waals surface area contributed by atoms with Gasteiger partial charge in [-0.3, -0.25) is 4.79 Å². The lowest BCUT2D eigenvalue weighted by Crippen LogP contribution is -2.44. The number of hydrogen-bond donors (Lipinski definition) is 2. The first-order valence-corrected chi connectivity index (χ1v) is 8.16. The fraction of sp³-hybridized carbons (Fsp3) is 0.611. The van der Waals surface area contributed by atoms with Crippen molar-refractivity contribution in [2.24, 2.45) is 17.6 Å². The van der Waals surface area contributed by atoms with E-state index >= 15 is 0 Å². The molecule has 1 aromatic carbocycles. The number of amides is 1. The van der Waals surface area contributed by atoms with E-state index in [1.165, 1.54) is 5.56 Å². The summed E-state index contributed by atoms with van der Waals surface area (Å²) in [5.41, 5.74) is 7.16. The zero-order valence-electron chi connectivity index (χ0n) is 13.2. The van der Waals surface area contributed by atoms with Gasteiger partial charge in [-0.05, 0) is 43.6 Å². The largest absolute Gasteiger partial charge is 0.353 e. The summed E-state index contributed by atoms with van der Waals surface area (Å²) in [4.78, 5) is 12.6. The Bertz CT molecular complexity index is 436. The molecule has 21 heavy (non-hydrogen) atoms. The molecule has 1 unspecified atom stereocenters. The maximum absolute atomic E-state index is 12.6. The second-order valence-electron chi connectivity index (χ2n) is 6.66. The minimum Gasteiger partial charge on any atom is -0.353 e. The highest BCUT2D eigenvalue weighted by atomic mass is 16.1. The van der Waals surface area contributed by atoms with E-state index in [9.17, 15) is 4.79 Å². The first kappa shape index (κ1) is 16.0. The van der Waals surface area contributed by atoms with Crippen LogP contribution in [0.2, 0.25) is 0 Å². The summed E-state index contributed by atoms with van der Waals surface area (Å²) in [7, 11) is 0. The van der Waals surface area contributed by atoms with Crippen LogP contribution in [0.15, 0.2) is 30.3 Å². The highest BCUT2D eigenvalue weighted by Crippen LogP contribution is 2.21. The Hall–Kier alpha value is -1.35. The van der Waals surface area contributed by atoms with E-state index in [2.05, 4.69) is 31.3 Å². The minimum atomic E-state index is 0.0444. The normalized spacial score (nSPS) is 23.8. The Kier molecular flexibility index (Phi) is 5.80. The molecule has 1 aliphatic carbocycles. The van der Waals surface area contributed by atoms with E-state index in [-0.39, 0.29) is 11.8 Å². The molecule has 1 aromatic rings. The van der Waals surface area contributed by atoms with Gasteiger partial charge in [-0.15, -0.1) is 0 Å². The molecule has 116 valence electrons. The van der Waals surface area contributed by atoms with Crippen LogP contribution in [0.25, 0.3) is 0 Å². The lowest BCUT2D eigenvalue weighted by atomic mass is 9.87. The molecule has 0 spiro atoms. The van der Waals surface area contributed by atoms with Gasteiger partial charge >= 0.3 is 0 Å². The molecule has 1 saturated carbocycles. The zero-order valence-corrected chi connectivity index (χ0v) is 13.2. The van der Waals surface area contributed by atoms with Crippen LogP contribution < -0.4 is 11.1 Å². The van der Waals surface area contributed by atoms with Crippen LogP contribution in [0.5, 0.6) is 0 Å². The van der Waals surface area contributed by atoms with Gasteiger partial charge in [0.25, 0.3) is 0 Å². The van der Waals surface area contributed by atoms with E-state index in [4.69, 9.17) is 5.73 Å². The molecule has 0 bridgehead atoms. The van der Waals surface area contributed by atoms with Gasteiger partial charge in [-0.1, -0.05) is 44.2 Å². The van der Waals surface area contributed by atoms with Crippen molar-refractivity contribution >= 4 is 5.91 Å². The maximum atomic E-state index is 12.6. The number of hydrogen-bond acceptors (Lipinski definition) is 2. The standard InChI is InChI=1S/C18H28N2O/c1-13(2)17(12-14-6-4-3-5-7-14)18(21)20-16-10-8-15(19)9-11-16/h3-7,13,15-17H,8-12,19H2,1-2H3,(H,20,21). The number of nitrogens with two attached hydrogens (primary N) is 1. The van der Waals surface area contributed by atoms with Crippen LogP contribution in [-0.2, 0) is 11.2 Å². The Morgan fingerprint density at radius 2 is 1.81 bits per heavy atom. The van der Waals surface area contributed by atoms with Crippen molar-refractivity contribution in [2.45, 2.75) is 58.0 Å². The lowest BCUT2D eigenvalue weighted by molar-refractivity contribution is -0.127. The second kappa shape index (κ2) is 7.60. The van der Waals surface area contributed by atoms with Crippen LogP contribution in [-0.4, -0.2) is 18.0 Å². The molecule has 0 radical (unpaired) electrons. The summed E-state index contributed by atoms with van der Waals surface area (Å²) >= 11 is 0. The van der Waals surface area contributed by atoms with E-state index in [0.717, 1.165) is 32.1 Å². The molecule has 1 fully saturated rings. The number of nitrogens with one attached hydrogen (secondary N) is 1. The van der Waals surface area contributed by atoms with Gasteiger partial charge in [0.2, 0.25) is 5.91 Å². The smallest absolute Gasteiger partial charge is 0.223 e. The maximum Gasteiger partial charge on any atom is 0.223 e. The molecule has 0 heterocycles. The highest BCUT2D eigenvalue weighted by molar-refractivity contribution is 5.79. The lowest BCUT2D eigenvalue weighted by Gasteiger charge is -2.29. The van der Waals surface area contributed by atoms with Gasteiger partial charge in [-0.25, -0.2) is 0 Å². The first-order chi connectivity index (χ1) is 10.1. The summed E-state index contributed by atoms with van der Waals surface area (Å²) in [6.07, 6.45) is 4.90. The van der Waals surface area contributed by atoms with Gasteiger partial charge in [0, 0.05) is 18.0 Å². The molecule has 0 saturated heterocycles. The molecule has 1 amide bonds. The Morgan fingerprint density at radius 1 is 1.19 bits per heavy atom. The summed E-state index contributed by atoms with van der Waals surface area (Å²) < 4.78 is 0. The highest BCUT2D eigenvalue weighted by Gasteiger charge is 2.26. The summed E-state index contributed by atoms with van der Waals surface area (Å²) in [6.45, 7) is 4.26. The Morgan fingerprint density at radius 3 is 2.38 bits per heavy atom. The van der Waals surface area contributed by atoms with Gasteiger partial charge in [0.15, 0.2) is 0 Å². The average molecular weight is 288 g/mol. The third-order valence-electron chi connectivity index (χ3n) is 4.56. The molecular formula is C18H28N2O. The van der Waals surface area contributed by atoms with Crippen LogP contribution in [0.1, 0.15) is 45.1 Å². The van der Waals surface area contributed by atoms with Crippen LogP contribution in [0.4, 0.5) is 0 Å². The molecule has 3 N–H and O–H groups in total. The molecule has 3 heteroatoms. The van der Waals surface area contributed by atoms with Gasteiger partial charge in [0.1, 0.15) is 0 Å². The topological polar surface area (TPSA) is 55.1 Å². The summed E-state index contributed by atoms with van der Waals surface area (Å²) in [5.74, 6) is 0.591. The molecule has 0 aliphatic heterocycles. The number of rotatable bonds is 5. The zero-order chi connectivity index (χ0) is 15.2. The molecule has 0 aromatic heterocycles. The van der Waals surface area contributed by atoms with Crippen molar-refractivity contribution < 1.29 is 4.79 Å². The van der Waals surface area contributed by atoms with E-state index < -0.39 is 0 Å². The quantitative estimate of drug-likeness (QED) is 0.875. The monoisotopic (exact) mass is 288 g/mol. The van der Waals surface area contributed by atoms with Crippen LogP contribution >= 0.6 is 0 Å². The fourth-order valence-corrected chi connectivity index (χ4v) is 3.07. The second-order valence-corrected chi connectivity index (χ2v) is 6.66. The third-order valence-corrected chi connectivity index (χ3v) is 4.56. The number of carbonyl (C=O) groups is 1. The van der Waals surface area contributed by atoms with E-state index in [1.54, 1.807) is 0 Å². The van der Waals surface area contributed by atoms with Crippen molar-refractivity contribution in [1.29, 1.82) is 0 Å². The number of benzene rings is 1. The fourth-order valence-electron chi connectivity index (χ4n) is 3.07. The predicted molar refractivity (Wildman–Crippen MR) is 86.8 cm³/mol. The van der Waals surface area contributed by atoms with Crippen molar-refractivity contribution in [3.05, 3.63) is 35.9 Å².